The first-order valence-electron chi connectivity index (χ1n) is 5.97. The maximum atomic E-state index is 12.0. The van der Waals surface area contributed by atoms with Crippen molar-refractivity contribution in [3.05, 3.63) is 28.2 Å². The maximum Gasteiger partial charge on any atom is 0.244 e. The van der Waals surface area contributed by atoms with Crippen LogP contribution in [0.15, 0.2) is 22.7 Å². The standard InChI is InChI=1S/C13H18BrN3OS/c1-4-17(3)13(18)8(2)16-11-6-5-9(12(15)19)7-10(11)14/h5-8,16H,4H2,1-3H3,(H2,15,19). The highest BCUT2D eigenvalue weighted by Gasteiger charge is 2.17. The van der Waals surface area contributed by atoms with Gasteiger partial charge in [0.15, 0.2) is 0 Å². The summed E-state index contributed by atoms with van der Waals surface area (Å²) in [6.07, 6.45) is 0. The van der Waals surface area contributed by atoms with E-state index < -0.39 is 0 Å². The maximum absolute atomic E-state index is 12.0. The number of rotatable bonds is 5. The molecule has 0 aromatic heterocycles. The third-order valence-corrected chi connectivity index (χ3v) is 3.74. The Bertz CT molecular complexity index is 493. The summed E-state index contributed by atoms with van der Waals surface area (Å²) >= 11 is 8.36. The second kappa shape index (κ2) is 6.86. The van der Waals surface area contributed by atoms with Crippen molar-refractivity contribution >= 4 is 44.7 Å². The fraction of sp³-hybridized carbons (Fsp3) is 0.385. The highest BCUT2D eigenvalue weighted by atomic mass is 79.9. The van der Waals surface area contributed by atoms with Crippen LogP contribution in [-0.4, -0.2) is 35.4 Å². The van der Waals surface area contributed by atoms with E-state index in [9.17, 15) is 4.79 Å². The molecule has 0 radical (unpaired) electrons. The molecule has 19 heavy (non-hydrogen) atoms. The van der Waals surface area contributed by atoms with E-state index in [1.165, 1.54) is 0 Å². The van der Waals surface area contributed by atoms with E-state index in [1.54, 1.807) is 11.9 Å². The van der Waals surface area contributed by atoms with Crippen LogP contribution in [0.5, 0.6) is 0 Å². The zero-order chi connectivity index (χ0) is 14.6. The molecule has 1 rings (SSSR count). The Morgan fingerprint density at radius 1 is 1.58 bits per heavy atom. The van der Waals surface area contributed by atoms with Crippen molar-refractivity contribution in [1.29, 1.82) is 0 Å². The van der Waals surface area contributed by atoms with Gasteiger partial charge in [0, 0.05) is 29.3 Å². The number of hydrogen-bond donors (Lipinski definition) is 2. The van der Waals surface area contributed by atoms with Crippen molar-refractivity contribution in [3.8, 4) is 0 Å². The Balaban J connectivity index is 2.83. The van der Waals surface area contributed by atoms with Crippen molar-refractivity contribution in [1.82, 2.24) is 4.90 Å². The van der Waals surface area contributed by atoms with Crippen molar-refractivity contribution in [2.75, 3.05) is 18.9 Å². The predicted octanol–water partition coefficient (Wildman–Crippen LogP) is 2.36. The first kappa shape index (κ1) is 15.9. The number of hydrogen-bond acceptors (Lipinski definition) is 3. The normalized spacial score (nSPS) is 11.8. The van der Waals surface area contributed by atoms with Crippen molar-refractivity contribution in [2.45, 2.75) is 19.9 Å². The highest BCUT2D eigenvalue weighted by molar-refractivity contribution is 9.10. The minimum absolute atomic E-state index is 0.0489. The number of nitrogens with one attached hydrogen (secondary N) is 1. The first-order valence-corrected chi connectivity index (χ1v) is 7.17. The van der Waals surface area contributed by atoms with Crippen LogP contribution >= 0.6 is 28.1 Å². The quantitative estimate of drug-likeness (QED) is 0.805. The van der Waals surface area contributed by atoms with Crippen molar-refractivity contribution in [3.63, 3.8) is 0 Å². The van der Waals surface area contributed by atoms with Crippen molar-refractivity contribution in [2.24, 2.45) is 5.73 Å². The van der Waals surface area contributed by atoms with Crippen LogP contribution in [-0.2, 0) is 4.79 Å². The monoisotopic (exact) mass is 343 g/mol. The molecule has 1 atom stereocenters. The molecule has 0 aliphatic heterocycles. The number of nitrogens with two attached hydrogens (primary N) is 1. The second-order valence-corrected chi connectivity index (χ2v) is 5.57. The highest BCUT2D eigenvalue weighted by Crippen LogP contribution is 2.24. The number of benzene rings is 1. The van der Waals surface area contributed by atoms with E-state index in [1.807, 2.05) is 32.0 Å². The summed E-state index contributed by atoms with van der Waals surface area (Å²) in [5.74, 6) is 0.0489. The molecule has 104 valence electrons. The lowest BCUT2D eigenvalue weighted by Gasteiger charge is -2.22. The molecule has 3 N–H and O–H groups in total. The first-order chi connectivity index (χ1) is 8.86. The van der Waals surface area contributed by atoms with Crippen LogP contribution in [0.4, 0.5) is 5.69 Å². The van der Waals surface area contributed by atoms with Gasteiger partial charge >= 0.3 is 0 Å². The molecule has 4 nitrogen and oxygen atoms in total. The third-order valence-electron chi connectivity index (χ3n) is 2.85. The molecule has 0 saturated carbocycles. The summed E-state index contributed by atoms with van der Waals surface area (Å²) in [4.78, 5) is 14.0. The summed E-state index contributed by atoms with van der Waals surface area (Å²) in [6, 6.07) is 5.23. The van der Waals surface area contributed by atoms with Crippen LogP contribution in [0, 0.1) is 0 Å². The smallest absolute Gasteiger partial charge is 0.244 e. The average Bonchev–Trinajstić information content (AvgIpc) is 2.38. The largest absolute Gasteiger partial charge is 0.389 e. The Morgan fingerprint density at radius 2 is 2.21 bits per heavy atom. The van der Waals surface area contributed by atoms with Gasteiger partial charge in [-0.1, -0.05) is 12.2 Å². The molecule has 0 saturated heterocycles. The molecule has 6 heteroatoms. The summed E-state index contributed by atoms with van der Waals surface area (Å²) in [5.41, 5.74) is 7.20. The fourth-order valence-electron chi connectivity index (χ4n) is 1.57. The second-order valence-electron chi connectivity index (χ2n) is 4.28. The molecular formula is C13H18BrN3OS. The number of thiocarbonyl (C=S) groups is 1. The van der Waals surface area contributed by atoms with Gasteiger partial charge < -0.3 is 16.0 Å². The molecule has 0 aliphatic carbocycles. The lowest BCUT2D eigenvalue weighted by molar-refractivity contribution is -0.130. The molecule has 0 heterocycles. The number of nitrogens with zero attached hydrogens (tertiary/aromatic N) is 1. The number of amides is 1. The summed E-state index contributed by atoms with van der Waals surface area (Å²) in [5, 5.41) is 3.17. The zero-order valence-electron chi connectivity index (χ0n) is 11.2. The third kappa shape index (κ3) is 4.18. The van der Waals surface area contributed by atoms with E-state index in [4.69, 9.17) is 18.0 Å². The minimum Gasteiger partial charge on any atom is -0.389 e. The van der Waals surface area contributed by atoms with Crippen LogP contribution in [0.1, 0.15) is 19.4 Å². The van der Waals surface area contributed by atoms with E-state index in [0.717, 1.165) is 15.7 Å². The SMILES string of the molecule is CCN(C)C(=O)C(C)Nc1ccc(C(N)=S)cc1Br. The predicted molar refractivity (Wildman–Crippen MR) is 86.4 cm³/mol. The van der Waals surface area contributed by atoms with Gasteiger partial charge in [0.2, 0.25) is 5.91 Å². The van der Waals surface area contributed by atoms with Gasteiger partial charge in [0.25, 0.3) is 0 Å². The van der Waals surface area contributed by atoms with Crippen LogP contribution < -0.4 is 11.1 Å². The Morgan fingerprint density at radius 3 is 2.68 bits per heavy atom. The number of anilines is 1. The molecule has 1 aromatic carbocycles. The minimum atomic E-state index is -0.295. The molecule has 1 unspecified atom stereocenters. The number of carbonyl (C=O) groups excluding carboxylic acids is 1. The summed E-state index contributed by atoms with van der Waals surface area (Å²) in [6.45, 7) is 4.46. The van der Waals surface area contributed by atoms with Gasteiger partial charge in [-0.2, -0.15) is 0 Å². The summed E-state index contributed by atoms with van der Waals surface area (Å²) < 4.78 is 0.830. The lowest BCUT2D eigenvalue weighted by Crippen LogP contribution is -2.38. The fourth-order valence-corrected chi connectivity index (χ4v) is 2.19. The van der Waals surface area contributed by atoms with E-state index in [2.05, 4.69) is 21.2 Å². The van der Waals surface area contributed by atoms with Gasteiger partial charge in [-0.15, -0.1) is 0 Å². The topological polar surface area (TPSA) is 58.4 Å². The molecule has 0 spiro atoms. The molecule has 1 aromatic rings. The van der Waals surface area contributed by atoms with Gasteiger partial charge in [0.1, 0.15) is 11.0 Å². The number of carbonyl (C=O) groups is 1. The zero-order valence-corrected chi connectivity index (χ0v) is 13.6. The Labute approximate surface area is 127 Å². The van der Waals surface area contributed by atoms with Gasteiger partial charge in [0.05, 0.1) is 0 Å². The molecular weight excluding hydrogens is 326 g/mol. The summed E-state index contributed by atoms with van der Waals surface area (Å²) in [7, 11) is 1.78. The molecule has 0 aliphatic rings. The van der Waals surface area contributed by atoms with E-state index in [-0.39, 0.29) is 11.9 Å². The van der Waals surface area contributed by atoms with Crippen LogP contribution in [0.25, 0.3) is 0 Å². The molecule has 0 fully saturated rings. The molecule has 1 amide bonds. The average molecular weight is 344 g/mol. The lowest BCUT2D eigenvalue weighted by atomic mass is 10.2. The van der Waals surface area contributed by atoms with Crippen LogP contribution in [0.3, 0.4) is 0 Å². The Hall–Kier alpha value is -1.14. The van der Waals surface area contributed by atoms with Crippen LogP contribution in [0.2, 0.25) is 0 Å². The van der Waals surface area contributed by atoms with Gasteiger partial charge in [-0.25, -0.2) is 0 Å². The Kier molecular flexibility index (Phi) is 5.75. The van der Waals surface area contributed by atoms with E-state index >= 15 is 0 Å². The number of halogens is 1. The number of likely N-dealkylation sites (N-methyl/N-ethyl adjacent to an activating group) is 1. The molecule has 0 bridgehead atoms. The van der Waals surface area contributed by atoms with E-state index in [0.29, 0.717) is 11.5 Å². The van der Waals surface area contributed by atoms with Crippen molar-refractivity contribution < 1.29 is 4.79 Å². The van der Waals surface area contributed by atoms with Gasteiger partial charge in [-0.3, -0.25) is 4.79 Å². The van der Waals surface area contributed by atoms with Gasteiger partial charge in [-0.05, 0) is 48.0 Å².